The third kappa shape index (κ3) is 4.02. The lowest BCUT2D eigenvalue weighted by Gasteiger charge is -2.20. The summed E-state index contributed by atoms with van der Waals surface area (Å²) in [7, 11) is 0. The van der Waals surface area contributed by atoms with Crippen LogP contribution in [-0.4, -0.2) is 16.7 Å². The fourth-order valence-corrected chi connectivity index (χ4v) is 3.79. The summed E-state index contributed by atoms with van der Waals surface area (Å²) in [5.41, 5.74) is 4.35. The number of hydrogen-bond acceptors (Lipinski definition) is 2. The zero-order valence-corrected chi connectivity index (χ0v) is 16.9. The molecule has 1 aromatic heterocycles. The number of rotatable bonds is 6. The van der Waals surface area contributed by atoms with E-state index in [1.54, 1.807) is 6.07 Å². The van der Waals surface area contributed by atoms with E-state index in [1.165, 1.54) is 6.92 Å². The molecule has 4 nitrogen and oxygen atoms in total. The van der Waals surface area contributed by atoms with E-state index < -0.39 is 0 Å². The number of aryl methyl sites for hydroxylation is 1. The summed E-state index contributed by atoms with van der Waals surface area (Å²) >= 11 is 6.18. The molecule has 5 heteroatoms. The van der Waals surface area contributed by atoms with Gasteiger partial charge in [-0.3, -0.25) is 9.59 Å². The highest BCUT2D eigenvalue weighted by Gasteiger charge is 2.24. The molecule has 0 saturated heterocycles. The summed E-state index contributed by atoms with van der Waals surface area (Å²) in [6, 6.07) is 16.8. The zero-order chi connectivity index (χ0) is 20.3. The fourth-order valence-electron chi connectivity index (χ4n) is 3.59. The topological polar surface area (TPSA) is 62.0 Å². The minimum absolute atomic E-state index is 0.0425. The molecule has 0 saturated carbocycles. The molecule has 144 valence electrons. The van der Waals surface area contributed by atoms with E-state index in [1.807, 2.05) is 62.4 Å². The van der Waals surface area contributed by atoms with E-state index in [9.17, 15) is 9.59 Å². The van der Waals surface area contributed by atoms with Crippen LogP contribution in [0, 0.1) is 6.92 Å². The standard InChI is InChI=1S/C23H23ClN2O2/c1-4-19-20(15(3)27)14(2)25-22(19)23(28)26-21(16-9-6-5-7-10-16)17-11-8-12-18(24)13-17/h5-13,21,25H,4H2,1-3H3,(H,26,28)/t21-/m1/s1. The van der Waals surface area contributed by atoms with Crippen molar-refractivity contribution in [2.75, 3.05) is 0 Å². The second-order valence-electron chi connectivity index (χ2n) is 6.76. The second kappa shape index (κ2) is 8.44. The molecule has 0 bridgehead atoms. The molecule has 2 N–H and O–H groups in total. The Kier molecular flexibility index (Phi) is 6.00. The Bertz CT molecular complexity index is 1010. The van der Waals surface area contributed by atoms with Gasteiger partial charge in [-0.1, -0.05) is 61.0 Å². The monoisotopic (exact) mass is 394 g/mol. The van der Waals surface area contributed by atoms with Crippen molar-refractivity contribution in [2.24, 2.45) is 0 Å². The second-order valence-corrected chi connectivity index (χ2v) is 7.20. The van der Waals surface area contributed by atoms with Crippen molar-refractivity contribution in [3.8, 4) is 0 Å². The van der Waals surface area contributed by atoms with Crippen molar-refractivity contribution in [1.29, 1.82) is 0 Å². The van der Waals surface area contributed by atoms with Gasteiger partial charge in [-0.05, 0) is 49.1 Å². The summed E-state index contributed by atoms with van der Waals surface area (Å²) in [5, 5.41) is 3.72. The number of carbonyl (C=O) groups excluding carboxylic acids is 2. The van der Waals surface area contributed by atoms with Crippen molar-refractivity contribution in [3.63, 3.8) is 0 Å². The average Bonchev–Trinajstić information content (AvgIpc) is 3.03. The first-order chi connectivity index (χ1) is 13.4. The van der Waals surface area contributed by atoms with Crippen LogP contribution in [0.1, 0.15) is 63.1 Å². The summed E-state index contributed by atoms with van der Waals surface area (Å²) in [4.78, 5) is 28.3. The molecule has 3 rings (SSSR count). The number of halogens is 1. The number of aromatic amines is 1. The number of nitrogens with one attached hydrogen (secondary N) is 2. The molecule has 1 amide bonds. The van der Waals surface area contributed by atoms with Crippen LogP contribution in [0.2, 0.25) is 5.02 Å². The van der Waals surface area contributed by atoms with E-state index in [2.05, 4.69) is 10.3 Å². The largest absolute Gasteiger partial charge is 0.354 e. The molecule has 2 aromatic carbocycles. The molecule has 0 fully saturated rings. The number of benzene rings is 2. The van der Waals surface area contributed by atoms with Gasteiger partial charge in [0.25, 0.3) is 5.91 Å². The van der Waals surface area contributed by atoms with E-state index >= 15 is 0 Å². The van der Waals surface area contributed by atoms with Crippen LogP contribution >= 0.6 is 11.6 Å². The van der Waals surface area contributed by atoms with Crippen LogP contribution in [0.3, 0.4) is 0 Å². The Morgan fingerprint density at radius 1 is 1.07 bits per heavy atom. The number of Topliss-reactive ketones (excluding diaryl/α,β-unsaturated/α-hetero) is 1. The molecule has 0 radical (unpaired) electrons. The molecule has 0 aliphatic heterocycles. The predicted octanol–water partition coefficient (Wildman–Crippen LogP) is 5.26. The van der Waals surface area contributed by atoms with Crippen LogP contribution in [-0.2, 0) is 6.42 Å². The molecule has 0 spiro atoms. The third-order valence-corrected chi connectivity index (χ3v) is 5.05. The minimum atomic E-state index is -0.360. The van der Waals surface area contributed by atoms with Crippen molar-refractivity contribution in [1.82, 2.24) is 10.3 Å². The zero-order valence-electron chi connectivity index (χ0n) is 16.2. The van der Waals surface area contributed by atoms with Crippen LogP contribution in [0.15, 0.2) is 54.6 Å². The Balaban J connectivity index is 2.01. The number of aromatic nitrogens is 1. The normalized spacial score (nSPS) is 11.9. The molecule has 1 atom stereocenters. The van der Waals surface area contributed by atoms with Crippen LogP contribution in [0.4, 0.5) is 0 Å². The van der Waals surface area contributed by atoms with Gasteiger partial charge in [-0.15, -0.1) is 0 Å². The van der Waals surface area contributed by atoms with Crippen molar-refractivity contribution in [3.05, 3.63) is 93.3 Å². The number of ketones is 1. The molecule has 0 unspecified atom stereocenters. The maximum Gasteiger partial charge on any atom is 0.268 e. The summed E-state index contributed by atoms with van der Waals surface area (Å²) in [5.74, 6) is -0.291. The lowest BCUT2D eigenvalue weighted by atomic mass is 9.98. The van der Waals surface area contributed by atoms with Gasteiger partial charge in [-0.25, -0.2) is 0 Å². The van der Waals surface area contributed by atoms with Gasteiger partial charge in [0, 0.05) is 16.3 Å². The highest BCUT2D eigenvalue weighted by Crippen LogP contribution is 2.26. The maximum absolute atomic E-state index is 13.2. The maximum atomic E-state index is 13.2. The quantitative estimate of drug-likeness (QED) is 0.560. The molecule has 28 heavy (non-hydrogen) atoms. The minimum Gasteiger partial charge on any atom is -0.354 e. The average molecular weight is 395 g/mol. The van der Waals surface area contributed by atoms with Crippen LogP contribution in [0.25, 0.3) is 0 Å². The van der Waals surface area contributed by atoms with Gasteiger partial charge in [0.1, 0.15) is 5.69 Å². The van der Waals surface area contributed by atoms with Crippen LogP contribution < -0.4 is 5.32 Å². The van der Waals surface area contributed by atoms with Gasteiger partial charge in [-0.2, -0.15) is 0 Å². The molecule has 0 aliphatic rings. The summed E-state index contributed by atoms with van der Waals surface area (Å²) in [6.45, 7) is 5.28. The van der Waals surface area contributed by atoms with Gasteiger partial charge in [0.05, 0.1) is 6.04 Å². The molecular formula is C23H23ClN2O2. The van der Waals surface area contributed by atoms with Gasteiger partial charge >= 0.3 is 0 Å². The summed E-state index contributed by atoms with van der Waals surface area (Å²) in [6.07, 6.45) is 0.592. The highest BCUT2D eigenvalue weighted by molar-refractivity contribution is 6.30. The lowest BCUT2D eigenvalue weighted by molar-refractivity contribution is 0.0937. The lowest BCUT2D eigenvalue weighted by Crippen LogP contribution is -2.30. The van der Waals surface area contributed by atoms with Crippen molar-refractivity contribution >= 4 is 23.3 Å². The van der Waals surface area contributed by atoms with Crippen LogP contribution in [0.5, 0.6) is 0 Å². The Hall–Kier alpha value is -2.85. The number of hydrogen-bond donors (Lipinski definition) is 2. The summed E-state index contributed by atoms with van der Waals surface area (Å²) < 4.78 is 0. The fraction of sp³-hybridized carbons (Fsp3) is 0.217. The number of amides is 1. The van der Waals surface area contributed by atoms with E-state index in [-0.39, 0.29) is 17.7 Å². The Morgan fingerprint density at radius 2 is 1.75 bits per heavy atom. The Morgan fingerprint density at radius 3 is 2.36 bits per heavy atom. The molecular weight excluding hydrogens is 372 g/mol. The Labute approximate surface area is 169 Å². The number of carbonyl (C=O) groups is 2. The van der Waals surface area contributed by atoms with Gasteiger partial charge < -0.3 is 10.3 Å². The first-order valence-electron chi connectivity index (χ1n) is 9.26. The van der Waals surface area contributed by atoms with Crippen molar-refractivity contribution < 1.29 is 9.59 Å². The highest BCUT2D eigenvalue weighted by atomic mass is 35.5. The molecule has 3 aromatic rings. The van der Waals surface area contributed by atoms with E-state index in [0.29, 0.717) is 28.4 Å². The van der Waals surface area contributed by atoms with Gasteiger partial charge in [0.2, 0.25) is 0 Å². The van der Waals surface area contributed by atoms with E-state index in [0.717, 1.165) is 16.7 Å². The van der Waals surface area contributed by atoms with Crippen molar-refractivity contribution in [2.45, 2.75) is 33.2 Å². The first kappa shape index (κ1) is 19.9. The smallest absolute Gasteiger partial charge is 0.268 e. The SMILES string of the molecule is CCc1c(C(=O)N[C@H](c2ccccc2)c2cccc(Cl)c2)[nH]c(C)c1C(C)=O. The molecule has 0 aliphatic carbocycles. The van der Waals surface area contributed by atoms with Gasteiger partial charge in [0.15, 0.2) is 5.78 Å². The predicted molar refractivity (Wildman–Crippen MR) is 112 cm³/mol. The van der Waals surface area contributed by atoms with E-state index in [4.69, 9.17) is 11.6 Å². The molecule has 1 heterocycles. The number of H-pyrrole nitrogens is 1. The first-order valence-corrected chi connectivity index (χ1v) is 9.63. The third-order valence-electron chi connectivity index (χ3n) is 4.81.